The zero-order valence-electron chi connectivity index (χ0n) is 9.96. The second kappa shape index (κ2) is 6.11. The van der Waals surface area contributed by atoms with Gasteiger partial charge < -0.3 is 11.1 Å². The quantitative estimate of drug-likeness (QED) is 0.701. The highest BCUT2D eigenvalue weighted by Gasteiger charge is 2.21. The fraction of sp³-hybridized carbons (Fsp3) is 0.917. The van der Waals surface area contributed by atoms with Gasteiger partial charge in [0.1, 0.15) is 0 Å². The number of carbonyl (C=O) groups excluding carboxylic acids is 1. The molecule has 3 N–H and O–H groups in total. The number of amides is 1. The molecule has 0 aromatic carbocycles. The van der Waals surface area contributed by atoms with Crippen LogP contribution in [-0.4, -0.2) is 18.0 Å². The number of hydrogen-bond donors (Lipinski definition) is 2. The minimum absolute atomic E-state index is 0.0215. The van der Waals surface area contributed by atoms with Gasteiger partial charge in [0.25, 0.3) is 0 Å². The van der Waals surface area contributed by atoms with E-state index in [1.54, 1.807) is 6.92 Å². The van der Waals surface area contributed by atoms with Crippen LogP contribution in [0.1, 0.15) is 52.4 Å². The Morgan fingerprint density at radius 3 is 2.20 bits per heavy atom. The molecular formula is C12H24N2O. The Kier molecular flexibility index (Phi) is 5.09. The normalized spacial score (nSPS) is 22.9. The summed E-state index contributed by atoms with van der Waals surface area (Å²) < 4.78 is 0. The molecule has 1 aliphatic rings. The minimum Gasteiger partial charge on any atom is -0.352 e. The molecule has 0 bridgehead atoms. The second-order valence-electron chi connectivity index (χ2n) is 4.84. The SMILES string of the molecule is CC(N)C(=O)N[C@@H](C)C1CCCCCC1. The summed E-state index contributed by atoms with van der Waals surface area (Å²) in [7, 11) is 0. The van der Waals surface area contributed by atoms with Crippen LogP contribution in [0.3, 0.4) is 0 Å². The van der Waals surface area contributed by atoms with E-state index in [-0.39, 0.29) is 11.9 Å². The molecule has 0 heterocycles. The molecule has 0 spiro atoms. The van der Waals surface area contributed by atoms with Gasteiger partial charge in [-0.15, -0.1) is 0 Å². The first-order chi connectivity index (χ1) is 7.11. The van der Waals surface area contributed by atoms with Gasteiger partial charge in [-0.25, -0.2) is 0 Å². The summed E-state index contributed by atoms with van der Waals surface area (Å²) in [4.78, 5) is 11.4. The monoisotopic (exact) mass is 212 g/mol. The Labute approximate surface area is 92.8 Å². The third-order valence-electron chi connectivity index (χ3n) is 3.39. The van der Waals surface area contributed by atoms with Crippen LogP contribution in [0.25, 0.3) is 0 Å². The van der Waals surface area contributed by atoms with Crippen molar-refractivity contribution in [1.82, 2.24) is 5.32 Å². The van der Waals surface area contributed by atoms with Crippen LogP contribution in [0, 0.1) is 5.92 Å². The topological polar surface area (TPSA) is 55.1 Å². The fourth-order valence-electron chi connectivity index (χ4n) is 2.28. The predicted octanol–water partition coefficient (Wildman–Crippen LogP) is 1.81. The van der Waals surface area contributed by atoms with Crippen LogP contribution in [0.15, 0.2) is 0 Å². The summed E-state index contributed by atoms with van der Waals surface area (Å²) in [5.41, 5.74) is 5.53. The first kappa shape index (κ1) is 12.5. The van der Waals surface area contributed by atoms with Crippen LogP contribution in [0.4, 0.5) is 0 Å². The summed E-state index contributed by atoms with van der Waals surface area (Å²) >= 11 is 0. The van der Waals surface area contributed by atoms with Gasteiger partial charge in [0.2, 0.25) is 5.91 Å². The number of hydrogen-bond acceptors (Lipinski definition) is 2. The molecule has 88 valence electrons. The summed E-state index contributed by atoms with van der Waals surface area (Å²) in [6.45, 7) is 3.84. The molecule has 0 aromatic heterocycles. The number of nitrogens with two attached hydrogens (primary N) is 1. The van der Waals surface area contributed by atoms with Crippen LogP contribution in [-0.2, 0) is 4.79 Å². The third-order valence-corrected chi connectivity index (χ3v) is 3.39. The highest BCUT2D eigenvalue weighted by Crippen LogP contribution is 2.25. The van der Waals surface area contributed by atoms with E-state index in [9.17, 15) is 4.79 Å². The molecule has 0 aliphatic heterocycles. The molecular weight excluding hydrogens is 188 g/mol. The molecule has 15 heavy (non-hydrogen) atoms. The Morgan fingerprint density at radius 2 is 1.73 bits per heavy atom. The standard InChI is InChI=1S/C12H24N2O/c1-9(13)12(15)14-10(2)11-7-5-3-4-6-8-11/h9-11H,3-8,13H2,1-2H3,(H,14,15)/t9?,10-/m0/s1. The third kappa shape index (κ3) is 4.20. The Hall–Kier alpha value is -0.570. The highest BCUT2D eigenvalue weighted by molar-refractivity contribution is 5.81. The van der Waals surface area contributed by atoms with Crippen LogP contribution in [0.2, 0.25) is 0 Å². The summed E-state index contributed by atoms with van der Waals surface area (Å²) in [6.07, 6.45) is 7.82. The van der Waals surface area contributed by atoms with E-state index in [4.69, 9.17) is 5.73 Å². The molecule has 3 heteroatoms. The van der Waals surface area contributed by atoms with Crippen molar-refractivity contribution >= 4 is 5.91 Å². The maximum atomic E-state index is 11.4. The van der Waals surface area contributed by atoms with Crippen molar-refractivity contribution in [3.05, 3.63) is 0 Å². The molecule has 3 nitrogen and oxygen atoms in total. The molecule has 1 unspecified atom stereocenters. The maximum Gasteiger partial charge on any atom is 0.236 e. The highest BCUT2D eigenvalue weighted by atomic mass is 16.2. The van der Waals surface area contributed by atoms with Crippen molar-refractivity contribution in [3.8, 4) is 0 Å². The lowest BCUT2D eigenvalue weighted by Crippen LogP contribution is -2.45. The first-order valence-corrected chi connectivity index (χ1v) is 6.17. The smallest absolute Gasteiger partial charge is 0.236 e. The van der Waals surface area contributed by atoms with Gasteiger partial charge in [0, 0.05) is 6.04 Å². The Bertz CT molecular complexity index is 196. The van der Waals surface area contributed by atoms with Gasteiger partial charge in [-0.3, -0.25) is 4.79 Å². The zero-order chi connectivity index (χ0) is 11.3. The van der Waals surface area contributed by atoms with Crippen molar-refractivity contribution in [2.45, 2.75) is 64.5 Å². The lowest BCUT2D eigenvalue weighted by molar-refractivity contribution is -0.122. The molecule has 0 aromatic rings. The number of rotatable bonds is 3. The Balaban J connectivity index is 2.37. The summed E-state index contributed by atoms with van der Waals surface area (Å²) in [5.74, 6) is 0.627. The minimum atomic E-state index is -0.391. The molecule has 1 rings (SSSR count). The van der Waals surface area contributed by atoms with Gasteiger partial charge in [0.15, 0.2) is 0 Å². The predicted molar refractivity (Wildman–Crippen MR) is 62.4 cm³/mol. The first-order valence-electron chi connectivity index (χ1n) is 6.17. The molecule has 2 atom stereocenters. The van der Waals surface area contributed by atoms with Crippen LogP contribution in [0.5, 0.6) is 0 Å². The number of carbonyl (C=O) groups is 1. The van der Waals surface area contributed by atoms with E-state index < -0.39 is 6.04 Å². The molecule has 1 aliphatic carbocycles. The van der Waals surface area contributed by atoms with Crippen LogP contribution >= 0.6 is 0 Å². The van der Waals surface area contributed by atoms with Gasteiger partial charge in [-0.05, 0) is 32.6 Å². The van der Waals surface area contributed by atoms with E-state index in [1.807, 2.05) is 0 Å². The van der Waals surface area contributed by atoms with Crippen molar-refractivity contribution < 1.29 is 4.79 Å². The lowest BCUT2D eigenvalue weighted by Gasteiger charge is -2.24. The molecule has 0 radical (unpaired) electrons. The van der Waals surface area contributed by atoms with E-state index in [0.717, 1.165) is 0 Å². The van der Waals surface area contributed by atoms with E-state index in [0.29, 0.717) is 5.92 Å². The average Bonchev–Trinajstić information content (AvgIpc) is 2.45. The molecule has 1 saturated carbocycles. The van der Waals surface area contributed by atoms with Gasteiger partial charge >= 0.3 is 0 Å². The van der Waals surface area contributed by atoms with Gasteiger partial charge in [-0.2, -0.15) is 0 Å². The van der Waals surface area contributed by atoms with E-state index >= 15 is 0 Å². The van der Waals surface area contributed by atoms with Crippen molar-refractivity contribution in [2.24, 2.45) is 11.7 Å². The van der Waals surface area contributed by atoms with Crippen LogP contribution < -0.4 is 11.1 Å². The number of nitrogens with one attached hydrogen (secondary N) is 1. The Morgan fingerprint density at radius 1 is 1.20 bits per heavy atom. The van der Waals surface area contributed by atoms with Crippen molar-refractivity contribution in [3.63, 3.8) is 0 Å². The second-order valence-corrected chi connectivity index (χ2v) is 4.84. The fourth-order valence-corrected chi connectivity index (χ4v) is 2.28. The average molecular weight is 212 g/mol. The van der Waals surface area contributed by atoms with E-state index in [2.05, 4.69) is 12.2 Å². The largest absolute Gasteiger partial charge is 0.352 e. The van der Waals surface area contributed by atoms with Crippen molar-refractivity contribution in [2.75, 3.05) is 0 Å². The summed E-state index contributed by atoms with van der Waals surface area (Å²) in [6, 6.07) is -0.111. The van der Waals surface area contributed by atoms with Crippen molar-refractivity contribution in [1.29, 1.82) is 0 Å². The molecule has 1 fully saturated rings. The maximum absolute atomic E-state index is 11.4. The summed E-state index contributed by atoms with van der Waals surface area (Å²) in [5, 5.41) is 3.01. The van der Waals surface area contributed by atoms with Gasteiger partial charge in [0.05, 0.1) is 6.04 Å². The zero-order valence-corrected chi connectivity index (χ0v) is 9.96. The van der Waals surface area contributed by atoms with E-state index in [1.165, 1.54) is 38.5 Å². The molecule has 1 amide bonds. The van der Waals surface area contributed by atoms with Gasteiger partial charge in [-0.1, -0.05) is 25.7 Å². The molecule has 0 saturated heterocycles. The lowest BCUT2D eigenvalue weighted by atomic mass is 9.93.